The first-order chi connectivity index (χ1) is 10.8. The van der Waals surface area contributed by atoms with Crippen molar-refractivity contribution in [1.82, 2.24) is 9.80 Å². The Morgan fingerprint density at radius 2 is 1.95 bits per heavy atom. The zero-order valence-corrected chi connectivity index (χ0v) is 13.3. The molecule has 2 fully saturated rings. The second-order valence-corrected chi connectivity index (χ2v) is 6.70. The molecule has 0 spiro atoms. The van der Waals surface area contributed by atoms with Gasteiger partial charge in [-0.2, -0.15) is 11.8 Å². The maximum Gasteiger partial charge on any atom is 0.249 e. The summed E-state index contributed by atoms with van der Waals surface area (Å²) >= 11 is 1.86. The van der Waals surface area contributed by atoms with Crippen molar-refractivity contribution in [2.45, 2.75) is 12.6 Å². The molecule has 2 aliphatic rings. The van der Waals surface area contributed by atoms with Crippen LogP contribution in [0, 0.1) is 0 Å². The van der Waals surface area contributed by atoms with E-state index in [1.165, 1.54) is 0 Å². The average molecular weight is 320 g/mol. The number of rotatable bonds is 3. The Balaban J connectivity index is 1.74. The Morgan fingerprint density at radius 1 is 1.23 bits per heavy atom. The Labute approximate surface area is 134 Å². The fourth-order valence-corrected chi connectivity index (χ4v) is 3.69. The van der Waals surface area contributed by atoms with Crippen molar-refractivity contribution in [3.05, 3.63) is 35.9 Å². The SMILES string of the molecule is O=C(C1COCC(=O)N1Cc1ccccc1)N1CCSCC1. The van der Waals surface area contributed by atoms with E-state index in [0.717, 1.165) is 30.2 Å². The van der Waals surface area contributed by atoms with Crippen LogP contribution in [-0.4, -0.2) is 65.5 Å². The van der Waals surface area contributed by atoms with E-state index >= 15 is 0 Å². The molecule has 6 heteroatoms. The normalized spacial score (nSPS) is 22.7. The summed E-state index contributed by atoms with van der Waals surface area (Å²) in [6.07, 6.45) is 0. The van der Waals surface area contributed by atoms with Crippen LogP contribution in [0.2, 0.25) is 0 Å². The smallest absolute Gasteiger partial charge is 0.249 e. The van der Waals surface area contributed by atoms with Crippen LogP contribution in [0.25, 0.3) is 0 Å². The molecule has 0 aromatic heterocycles. The van der Waals surface area contributed by atoms with E-state index in [-0.39, 0.29) is 18.4 Å². The zero-order chi connectivity index (χ0) is 15.4. The molecule has 0 saturated carbocycles. The number of nitrogens with zero attached hydrogens (tertiary/aromatic N) is 2. The van der Waals surface area contributed by atoms with Gasteiger partial charge in [0.1, 0.15) is 12.6 Å². The Kier molecular flexibility index (Phi) is 5.00. The van der Waals surface area contributed by atoms with Gasteiger partial charge in [0, 0.05) is 31.1 Å². The number of hydrogen-bond donors (Lipinski definition) is 0. The highest BCUT2D eigenvalue weighted by Gasteiger charge is 2.36. The quantitative estimate of drug-likeness (QED) is 0.833. The molecule has 2 amide bonds. The van der Waals surface area contributed by atoms with Crippen molar-refractivity contribution < 1.29 is 14.3 Å². The lowest BCUT2D eigenvalue weighted by molar-refractivity contribution is -0.159. The summed E-state index contributed by atoms with van der Waals surface area (Å²) in [4.78, 5) is 28.5. The fourth-order valence-electron chi connectivity index (χ4n) is 2.78. The molecule has 0 bridgehead atoms. The number of amides is 2. The zero-order valence-electron chi connectivity index (χ0n) is 12.4. The first-order valence-electron chi connectivity index (χ1n) is 7.53. The molecule has 1 unspecified atom stereocenters. The number of carbonyl (C=O) groups is 2. The molecular weight excluding hydrogens is 300 g/mol. The highest BCUT2D eigenvalue weighted by molar-refractivity contribution is 7.99. The summed E-state index contributed by atoms with van der Waals surface area (Å²) in [7, 11) is 0. The maximum absolute atomic E-state index is 12.7. The van der Waals surface area contributed by atoms with Gasteiger partial charge in [-0.1, -0.05) is 30.3 Å². The number of ether oxygens (including phenoxy) is 1. The summed E-state index contributed by atoms with van der Waals surface area (Å²) in [5.74, 6) is 1.84. The minimum Gasteiger partial charge on any atom is -0.369 e. The lowest BCUT2D eigenvalue weighted by Gasteiger charge is -2.38. The van der Waals surface area contributed by atoms with Crippen molar-refractivity contribution in [2.75, 3.05) is 37.8 Å². The van der Waals surface area contributed by atoms with Gasteiger partial charge in [0.15, 0.2) is 0 Å². The predicted molar refractivity (Wildman–Crippen MR) is 85.5 cm³/mol. The predicted octanol–water partition coefficient (Wildman–Crippen LogP) is 0.989. The standard InChI is InChI=1S/C16H20N2O3S/c19-15-12-21-11-14(16(20)17-6-8-22-9-7-17)18(15)10-13-4-2-1-3-5-13/h1-5,14H,6-12H2. The average Bonchev–Trinajstić information content (AvgIpc) is 2.58. The van der Waals surface area contributed by atoms with Crippen LogP contribution in [0.5, 0.6) is 0 Å². The topological polar surface area (TPSA) is 49.9 Å². The van der Waals surface area contributed by atoms with Gasteiger partial charge in [-0.05, 0) is 5.56 Å². The molecule has 1 atom stereocenters. The van der Waals surface area contributed by atoms with Crippen molar-refractivity contribution in [3.8, 4) is 0 Å². The van der Waals surface area contributed by atoms with Gasteiger partial charge in [-0.15, -0.1) is 0 Å². The molecule has 0 radical (unpaired) electrons. The van der Waals surface area contributed by atoms with E-state index < -0.39 is 6.04 Å². The van der Waals surface area contributed by atoms with Crippen LogP contribution >= 0.6 is 11.8 Å². The lowest BCUT2D eigenvalue weighted by atomic mass is 10.1. The molecule has 118 valence electrons. The first-order valence-corrected chi connectivity index (χ1v) is 8.69. The summed E-state index contributed by atoms with van der Waals surface area (Å²) in [5, 5.41) is 0. The Morgan fingerprint density at radius 3 is 2.68 bits per heavy atom. The summed E-state index contributed by atoms with van der Waals surface area (Å²) < 4.78 is 5.33. The third-order valence-corrected chi connectivity index (χ3v) is 4.94. The van der Waals surface area contributed by atoms with E-state index in [1.807, 2.05) is 47.0 Å². The molecule has 3 rings (SSSR count). The number of morpholine rings is 1. The third kappa shape index (κ3) is 3.44. The molecule has 5 nitrogen and oxygen atoms in total. The fraction of sp³-hybridized carbons (Fsp3) is 0.500. The van der Waals surface area contributed by atoms with E-state index in [0.29, 0.717) is 13.2 Å². The van der Waals surface area contributed by atoms with E-state index in [1.54, 1.807) is 4.90 Å². The molecule has 22 heavy (non-hydrogen) atoms. The van der Waals surface area contributed by atoms with Gasteiger partial charge in [0.25, 0.3) is 0 Å². The molecular formula is C16H20N2O3S. The highest BCUT2D eigenvalue weighted by Crippen LogP contribution is 2.18. The van der Waals surface area contributed by atoms with E-state index in [4.69, 9.17) is 4.74 Å². The first kappa shape index (κ1) is 15.4. The maximum atomic E-state index is 12.7. The van der Waals surface area contributed by atoms with Gasteiger partial charge >= 0.3 is 0 Å². The van der Waals surface area contributed by atoms with Crippen LogP contribution in [-0.2, 0) is 20.9 Å². The number of carbonyl (C=O) groups excluding carboxylic acids is 2. The highest BCUT2D eigenvalue weighted by atomic mass is 32.2. The van der Waals surface area contributed by atoms with Crippen LogP contribution in [0.1, 0.15) is 5.56 Å². The monoisotopic (exact) mass is 320 g/mol. The molecule has 2 heterocycles. The van der Waals surface area contributed by atoms with E-state index in [2.05, 4.69) is 0 Å². The van der Waals surface area contributed by atoms with Gasteiger partial charge in [0.05, 0.1) is 6.61 Å². The van der Waals surface area contributed by atoms with Crippen molar-refractivity contribution in [2.24, 2.45) is 0 Å². The summed E-state index contributed by atoms with van der Waals surface area (Å²) in [6.45, 7) is 2.33. The van der Waals surface area contributed by atoms with Crippen molar-refractivity contribution >= 4 is 23.6 Å². The summed E-state index contributed by atoms with van der Waals surface area (Å²) in [6, 6.07) is 9.28. The Hall–Kier alpha value is -1.53. The van der Waals surface area contributed by atoms with E-state index in [9.17, 15) is 9.59 Å². The minimum absolute atomic E-state index is 0.0179. The summed E-state index contributed by atoms with van der Waals surface area (Å²) in [5.41, 5.74) is 1.03. The second kappa shape index (κ2) is 7.15. The molecule has 1 aromatic carbocycles. The third-order valence-electron chi connectivity index (χ3n) is 4.00. The van der Waals surface area contributed by atoms with Gasteiger partial charge in [0.2, 0.25) is 11.8 Å². The molecule has 0 N–H and O–H groups in total. The lowest BCUT2D eigenvalue weighted by Crippen LogP contribution is -2.57. The molecule has 2 aliphatic heterocycles. The van der Waals surface area contributed by atoms with Gasteiger partial charge < -0.3 is 14.5 Å². The number of benzene rings is 1. The Bertz CT molecular complexity index is 531. The molecule has 2 saturated heterocycles. The van der Waals surface area contributed by atoms with Crippen LogP contribution in [0.3, 0.4) is 0 Å². The van der Waals surface area contributed by atoms with Crippen molar-refractivity contribution in [3.63, 3.8) is 0 Å². The van der Waals surface area contributed by atoms with Crippen LogP contribution in [0.15, 0.2) is 30.3 Å². The van der Waals surface area contributed by atoms with Gasteiger partial charge in [-0.25, -0.2) is 0 Å². The van der Waals surface area contributed by atoms with Crippen LogP contribution in [0.4, 0.5) is 0 Å². The number of thioether (sulfide) groups is 1. The largest absolute Gasteiger partial charge is 0.369 e. The number of hydrogen-bond acceptors (Lipinski definition) is 4. The molecule has 1 aromatic rings. The van der Waals surface area contributed by atoms with Crippen molar-refractivity contribution in [1.29, 1.82) is 0 Å². The minimum atomic E-state index is -0.496. The van der Waals surface area contributed by atoms with Gasteiger partial charge in [-0.3, -0.25) is 9.59 Å². The second-order valence-electron chi connectivity index (χ2n) is 5.48. The molecule has 0 aliphatic carbocycles. The van der Waals surface area contributed by atoms with Crippen LogP contribution < -0.4 is 0 Å².